The van der Waals surface area contributed by atoms with E-state index in [2.05, 4.69) is 241 Å². The molecule has 0 spiro atoms. The molecule has 0 aliphatic rings. The SMILES string of the molecule is Cc1cc(-c2cccc(-n3c4ccccc4c4ccccc43)c2)ccc1N(c1ccc(-c2cccc3ccccc23)cc1)c1ccc(-c2cccc3c2sc2ccccc23)cc1. The van der Waals surface area contributed by atoms with Gasteiger partial charge in [0, 0.05) is 53.7 Å². The first-order chi connectivity index (χ1) is 30.7. The van der Waals surface area contributed by atoms with E-state index in [9.17, 15) is 0 Å². The lowest BCUT2D eigenvalue weighted by Gasteiger charge is -2.28. The maximum Gasteiger partial charge on any atom is 0.0541 e. The van der Waals surface area contributed by atoms with Crippen LogP contribution in [0.2, 0.25) is 0 Å². The highest BCUT2D eigenvalue weighted by molar-refractivity contribution is 7.26. The molecule has 2 heterocycles. The number of hydrogen-bond acceptors (Lipinski definition) is 2. The van der Waals surface area contributed by atoms with Crippen molar-refractivity contribution in [1.29, 1.82) is 0 Å². The standard InChI is InChI=1S/C59H40N2S/c1-39-37-44(43-15-10-16-47(38-43)61-56-24-7-4-18-51(56)52-19-5-8-25-57(52)61)31-36-55(39)60(45-32-27-41(28-33-45)49-21-11-14-40-13-2-3-17-48(40)49)46-34-29-42(30-35-46)50-22-12-23-54-53-20-6-9-26-58(53)62-59(50)54/h2-38H,1H3. The van der Waals surface area contributed by atoms with Gasteiger partial charge in [0.2, 0.25) is 0 Å². The van der Waals surface area contributed by atoms with Gasteiger partial charge in [-0.1, -0.05) is 158 Å². The number of anilines is 3. The molecule has 292 valence electrons. The van der Waals surface area contributed by atoms with Crippen molar-refractivity contribution in [2.45, 2.75) is 6.92 Å². The van der Waals surface area contributed by atoms with Crippen LogP contribution in [0.4, 0.5) is 17.1 Å². The molecule has 2 nitrogen and oxygen atoms in total. The van der Waals surface area contributed by atoms with E-state index in [0.717, 1.165) is 22.7 Å². The van der Waals surface area contributed by atoms with Crippen LogP contribution in [-0.4, -0.2) is 4.57 Å². The summed E-state index contributed by atoms with van der Waals surface area (Å²) >= 11 is 1.88. The Hall–Kier alpha value is -7.72. The van der Waals surface area contributed by atoms with Crippen LogP contribution >= 0.6 is 11.3 Å². The van der Waals surface area contributed by atoms with Gasteiger partial charge in [0.25, 0.3) is 0 Å². The third-order valence-electron chi connectivity index (χ3n) is 12.5. The number of fused-ring (bicyclic) bond motifs is 7. The van der Waals surface area contributed by atoms with E-state index < -0.39 is 0 Å². The van der Waals surface area contributed by atoms with Crippen LogP contribution in [0.15, 0.2) is 224 Å². The number of nitrogens with zero attached hydrogens (tertiary/aromatic N) is 2. The summed E-state index contributed by atoms with van der Waals surface area (Å²) in [5.74, 6) is 0. The van der Waals surface area contributed by atoms with E-state index in [1.807, 2.05) is 11.3 Å². The average Bonchev–Trinajstić information content (AvgIpc) is 3.89. The molecule has 12 rings (SSSR count). The minimum Gasteiger partial charge on any atom is -0.310 e. The monoisotopic (exact) mass is 808 g/mol. The molecule has 10 aromatic carbocycles. The topological polar surface area (TPSA) is 8.17 Å². The summed E-state index contributed by atoms with van der Waals surface area (Å²) in [6.45, 7) is 2.24. The van der Waals surface area contributed by atoms with Crippen LogP contribution in [0.5, 0.6) is 0 Å². The summed E-state index contributed by atoms with van der Waals surface area (Å²) in [6, 6.07) is 82.1. The molecule has 62 heavy (non-hydrogen) atoms. The number of rotatable bonds is 7. The first-order valence-electron chi connectivity index (χ1n) is 21.2. The second-order valence-corrected chi connectivity index (χ2v) is 17.2. The maximum atomic E-state index is 2.41. The van der Waals surface area contributed by atoms with E-state index in [1.54, 1.807) is 0 Å². The van der Waals surface area contributed by atoms with Crippen molar-refractivity contribution in [2.24, 2.45) is 0 Å². The fourth-order valence-corrected chi connectivity index (χ4v) is 10.8. The fourth-order valence-electron chi connectivity index (χ4n) is 9.57. The van der Waals surface area contributed by atoms with Crippen LogP contribution in [0.3, 0.4) is 0 Å². The number of thiophene rings is 1. The van der Waals surface area contributed by atoms with E-state index in [0.29, 0.717) is 0 Å². The molecule has 12 aromatic rings. The quantitative estimate of drug-likeness (QED) is 0.156. The highest BCUT2D eigenvalue weighted by Crippen LogP contribution is 2.43. The molecule has 0 fully saturated rings. The Balaban J connectivity index is 0.952. The molecule has 0 saturated heterocycles. The van der Waals surface area contributed by atoms with Crippen molar-refractivity contribution in [2.75, 3.05) is 4.90 Å². The Morgan fingerprint density at radius 1 is 0.387 bits per heavy atom. The molecule has 0 unspecified atom stereocenters. The molecular weight excluding hydrogens is 769 g/mol. The van der Waals surface area contributed by atoms with E-state index in [4.69, 9.17) is 0 Å². The molecule has 0 atom stereocenters. The first kappa shape index (κ1) is 36.2. The van der Waals surface area contributed by atoms with Gasteiger partial charge in [-0.25, -0.2) is 0 Å². The van der Waals surface area contributed by atoms with Gasteiger partial charge in [0.1, 0.15) is 0 Å². The van der Waals surface area contributed by atoms with Gasteiger partial charge in [-0.05, 0) is 123 Å². The number of aryl methyl sites for hydroxylation is 1. The predicted octanol–water partition coefficient (Wildman–Crippen LogP) is 17.1. The Bertz CT molecular complexity index is 3590. The Kier molecular flexibility index (Phi) is 8.62. The second kappa shape index (κ2) is 14.8. The fraction of sp³-hybridized carbons (Fsp3) is 0.0169. The lowest BCUT2D eigenvalue weighted by molar-refractivity contribution is 1.18. The zero-order chi connectivity index (χ0) is 41.1. The molecule has 2 aromatic heterocycles. The van der Waals surface area contributed by atoms with E-state index in [1.165, 1.54) is 91.7 Å². The summed E-state index contributed by atoms with van der Waals surface area (Å²) < 4.78 is 5.04. The molecule has 3 heteroatoms. The second-order valence-electron chi connectivity index (χ2n) is 16.2. The van der Waals surface area contributed by atoms with Crippen LogP contribution in [-0.2, 0) is 0 Å². The first-order valence-corrected chi connectivity index (χ1v) is 22.1. The summed E-state index contributed by atoms with van der Waals surface area (Å²) in [4.78, 5) is 2.41. The summed E-state index contributed by atoms with van der Waals surface area (Å²) in [7, 11) is 0. The van der Waals surface area contributed by atoms with Crippen LogP contribution in [0.1, 0.15) is 5.56 Å². The molecule has 0 amide bonds. The van der Waals surface area contributed by atoms with Crippen LogP contribution < -0.4 is 4.90 Å². The van der Waals surface area contributed by atoms with Crippen molar-refractivity contribution in [3.8, 4) is 39.1 Å². The largest absolute Gasteiger partial charge is 0.310 e. The van der Waals surface area contributed by atoms with E-state index >= 15 is 0 Å². The van der Waals surface area contributed by atoms with Gasteiger partial charge in [0.05, 0.1) is 11.0 Å². The Labute approximate surface area is 364 Å². The predicted molar refractivity (Wildman–Crippen MR) is 267 cm³/mol. The van der Waals surface area contributed by atoms with Crippen molar-refractivity contribution in [3.05, 3.63) is 230 Å². The van der Waals surface area contributed by atoms with Crippen LogP contribution in [0, 0.1) is 6.92 Å². The summed E-state index contributed by atoms with van der Waals surface area (Å²) in [5.41, 5.74) is 15.4. The number of para-hydroxylation sites is 2. The van der Waals surface area contributed by atoms with Crippen molar-refractivity contribution >= 4 is 81.1 Å². The minimum absolute atomic E-state index is 1.11. The third-order valence-corrected chi connectivity index (χ3v) is 13.7. The molecule has 0 bridgehead atoms. The molecule has 0 radical (unpaired) electrons. The number of hydrogen-bond donors (Lipinski definition) is 0. The normalized spacial score (nSPS) is 11.6. The summed E-state index contributed by atoms with van der Waals surface area (Å²) in [5, 5.41) is 7.68. The Morgan fingerprint density at radius 2 is 0.919 bits per heavy atom. The minimum atomic E-state index is 1.11. The summed E-state index contributed by atoms with van der Waals surface area (Å²) in [6.07, 6.45) is 0. The van der Waals surface area contributed by atoms with Gasteiger partial charge >= 0.3 is 0 Å². The smallest absolute Gasteiger partial charge is 0.0541 e. The van der Waals surface area contributed by atoms with Gasteiger partial charge in [-0.2, -0.15) is 0 Å². The maximum absolute atomic E-state index is 2.41. The lowest BCUT2D eigenvalue weighted by Crippen LogP contribution is -2.11. The van der Waals surface area contributed by atoms with Gasteiger partial charge in [0.15, 0.2) is 0 Å². The van der Waals surface area contributed by atoms with E-state index in [-0.39, 0.29) is 0 Å². The zero-order valence-corrected chi connectivity index (χ0v) is 35.0. The van der Waals surface area contributed by atoms with Crippen molar-refractivity contribution in [1.82, 2.24) is 4.57 Å². The highest BCUT2D eigenvalue weighted by atomic mass is 32.1. The molecule has 0 aliphatic heterocycles. The lowest BCUT2D eigenvalue weighted by atomic mass is 9.97. The number of aromatic nitrogens is 1. The van der Waals surface area contributed by atoms with Gasteiger partial charge in [-0.3, -0.25) is 0 Å². The average molecular weight is 809 g/mol. The van der Waals surface area contributed by atoms with Gasteiger partial charge < -0.3 is 9.47 Å². The van der Waals surface area contributed by atoms with Crippen molar-refractivity contribution < 1.29 is 0 Å². The molecule has 0 aliphatic carbocycles. The van der Waals surface area contributed by atoms with Crippen molar-refractivity contribution in [3.63, 3.8) is 0 Å². The van der Waals surface area contributed by atoms with Crippen LogP contribution in [0.25, 0.3) is 91.8 Å². The number of benzene rings is 10. The van der Waals surface area contributed by atoms with Gasteiger partial charge in [-0.15, -0.1) is 11.3 Å². The highest BCUT2D eigenvalue weighted by Gasteiger charge is 2.18. The Morgan fingerprint density at radius 3 is 1.65 bits per heavy atom. The molecular formula is C59H40N2S. The molecule has 0 N–H and O–H groups in total. The third kappa shape index (κ3) is 6.01. The zero-order valence-electron chi connectivity index (χ0n) is 34.2. The molecule has 0 saturated carbocycles.